The molecule has 0 atom stereocenters. The summed E-state index contributed by atoms with van der Waals surface area (Å²) in [6, 6.07) is 7.86. The number of sulfonamides is 1. The van der Waals surface area contributed by atoms with E-state index in [4.69, 9.17) is 0 Å². The average molecular weight is 444 g/mol. The van der Waals surface area contributed by atoms with Crippen LogP contribution in [0.25, 0.3) is 0 Å². The molecule has 7 nitrogen and oxygen atoms in total. The molecule has 11 heteroatoms. The lowest BCUT2D eigenvalue weighted by Crippen LogP contribution is -2.37. The molecule has 162 valence electrons. The van der Waals surface area contributed by atoms with Gasteiger partial charge in [-0.15, -0.1) is 0 Å². The number of methoxy groups -OCH3 is 1. The van der Waals surface area contributed by atoms with Crippen molar-refractivity contribution < 1.29 is 35.9 Å². The fourth-order valence-corrected chi connectivity index (χ4v) is 3.39. The summed E-state index contributed by atoms with van der Waals surface area (Å²) in [5, 5.41) is 2.50. The van der Waals surface area contributed by atoms with Gasteiger partial charge in [-0.3, -0.25) is 9.10 Å². The van der Waals surface area contributed by atoms with Crippen LogP contribution in [0.15, 0.2) is 42.5 Å². The molecule has 0 fully saturated rings. The summed E-state index contributed by atoms with van der Waals surface area (Å²) in [6.45, 7) is 0.993. The minimum absolute atomic E-state index is 0.0966. The third kappa shape index (κ3) is 5.72. The van der Waals surface area contributed by atoms with Crippen molar-refractivity contribution in [2.24, 2.45) is 0 Å². The average Bonchev–Trinajstić information content (AvgIpc) is 2.65. The van der Waals surface area contributed by atoms with E-state index in [0.29, 0.717) is 9.87 Å². The minimum Gasteiger partial charge on any atom is -0.465 e. The second kappa shape index (κ2) is 8.74. The summed E-state index contributed by atoms with van der Waals surface area (Å²) in [5.74, 6) is -1.36. The summed E-state index contributed by atoms with van der Waals surface area (Å²) in [4.78, 5) is 24.1. The molecule has 0 aromatic heterocycles. The van der Waals surface area contributed by atoms with E-state index in [9.17, 15) is 31.2 Å². The van der Waals surface area contributed by atoms with Crippen molar-refractivity contribution in [1.82, 2.24) is 0 Å². The molecule has 2 aromatic carbocycles. The molecule has 0 saturated carbocycles. The number of nitrogens with one attached hydrogen (secondary N) is 1. The SMILES string of the molecule is COC(=O)c1ccc(C)c(NC(=O)CN(c2ccc(C(F)(F)F)cc2)S(C)(=O)=O)c1. The molecule has 0 unspecified atom stereocenters. The highest BCUT2D eigenvalue weighted by molar-refractivity contribution is 7.92. The van der Waals surface area contributed by atoms with Crippen LogP contribution in [0.2, 0.25) is 0 Å². The van der Waals surface area contributed by atoms with E-state index in [1.807, 2.05) is 0 Å². The maximum atomic E-state index is 12.7. The molecule has 0 spiro atoms. The molecule has 0 heterocycles. The number of ether oxygens (including phenoxy) is 1. The van der Waals surface area contributed by atoms with Gasteiger partial charge < -0.3 is 10.1 Å². The van der Waals surface area contributed by atoms with E-state index < -0.39 is 40.2 Å². The molecule has 0 aliphatic rings. The van der Waals surface area contributed by atoms with E-state index in [1.54, 1.807) is 13.0 Å². The van der Waals surface area contributed by atoms with E-state index >= 15 is 0 Å². The van der Waals surface area contributed by atoms with Gasteiger partial charge in [-0.2, -0.15) is 13.2 Å². The number of anilines is 2. The van der Waals surface area contributed by atoms with Crippen molar-refractivity contribution >= 4 is 33.3 Å². The number of halogens is 3. The zero-order valence-electron chi connectivity index (χ0n) is 16.3. The fourth-order valence-electron chi connectivity index (χ4n) is 2.54. The number of amides is 1. The number of hydrogen-bond donors (Lipinski definition) is 1. The molecular formula is C19H19F3N2O5S. The summed E-state index contributed by atoms with van der Waals surface area (Å²) < 4.78 is 67.7. The second-order valence-electron chi connectivity index (χ2n) is 6.38. The Balaban J connectivity index is 2.26. The second-order valence-corrected chi connectivity index (χ2v) is 8.29. The lowest BCUT2D eigenvalue weighted by Gasteiger charge is -2.22. The smallest absolute Gasteiger partial charge is 0.416 e. The summed E-state index contributed by atoms with van der Waals surface area (Å²) in [5.41, 5.74) is 0.0152. The highest BCUT2D eigenvalue weighted by Crippen LogP contribution is 2.31. The lowest BCUT2D eigenvalue weighted by molar-refractivity contribution is -0.137. The monoisotopic (exact) mass is 444 g/mol. The van der Waals surface area contributed by atoms with Crippen molar-refractivity contribution in [3.05, 3.63) is 59.2 Å². The van der Waals surface area contributed by atoms with Crippen LogP contribution in [0, 0.1) is 6.92 Å². The minimum atomic E-state index is -4.58. The molecule has 2 aromatic rings. The van der Waals surface area contributed by atoms with Crippen molar-refractivity contribution in [2.45, 2.75) is 13.1 Å². The zero-order valence-corrected chi connectivity index (χ0v) is 17.1. The van der Waals surface area contributed by atoms with Crippen LogP contribution in [0.4, 0.5) is 24.5 Å². The van der Waals surface area contributed by atoms with Crippen molar-refractivity contribution in [2.75, 3.05) is 29.5 Å². The van der Waals surface area contributed by atoms with Gasteiger partial charge in [0.15, 0.2) is 0 Å². The quantitative estimate of drug-likeness (QED) is 0.691. The number of nitrogens with zero attached hydrogens (tertiary/aromatic N) is 1. The molecule has 1 amide bonds. The maximum absolute atomic E-state index is 12.7. The van der Waals surface area contributed by atoms with Gasteiger partial charge in [-0.1, -0.05) is 6.07 Å². The van der Waals surface area contributed by atoms with Crippen LogP contribution < -0.4 is 9.62 Å². The van der Waals surface area contributed by atoms with Crippen LogP contribution in [-0.2, 0) is 25.7 Å². The maximum Gasteiger partial charge on any atom is 0.416 e. The topological polar surface area (TPSA) is 92.8 Å². The lowest BCUT2D eigenvalue weighted by atomic mass is 10.1. The zero-order chi connectivity index (χ0) is 22.7. The van der Waals surface area contributed by atoms with Crippen LogP contribution in [0.5, 0.6) is 0 Å². The van der Waals surface area contributed by atoms with Crippen LogP contribution in [-0.4, -0.2) is 40.2 Å². The van der Waals surface area contributed by atoms with Gasteiger partial charge in [0.1, 0.15) is 6.54 Å². The molecule has 0 bridgehead atoms. The molecule has 1 N–H and O–H groups in total. The van der Waals surface area contributed by atoms with Gasteiger partial charge in [-0.25, -0.2) is 13.2 Å². The standard InChI is InChI=1S/C19H19F3N2O5S/c1-12-4-5-13(18(26)29-2)10-16(12)23-17(25)11-24(30(3,27)28)15-8-6-14(7-9-15)19(20,21)22/h4-10H,11H2,1-3H3,(H,23,25). The Kier molecular flexibility index (Phi) is 6.76. The Hall–Kier alpha value is -3.08. The van der Waals surface area contributed by atoms with Gasteiger partial charge >= 0.3 is 12.1 Å². The first-order valence-corrected chi connectivity index (χ1v) is 10.3. The van der Waals surface area contributed by atoms with Gasteiger partial charge in [0.05, 0.1) is 30.2 Å². The molecule has 0 aliphatic heterocycles. The predicted octanol–water partition coefficient (Wildman–Crippen LogP) is 3.21. The Morgan fingerprint density at radius 1 is 1.10 bits per heavy atom. The molecular weight excluding hydrogens is 425 g/mol. The van der Waals surface area contributed by atoms with E-state index in [-0.39, 0.29) is 16.9 Å². The van der Waals surface area contributed by atoms with E-state index in [2.05, 4.69) is 10.1 Å². The Morgan fingerprint density at radius 3 is 2.20 bits per heavy atom. The third-order valence-corrected chi connectivity index (χ3v) is 5.24. The van der Waals surface area contributed by atoms with Gasteiger partial charge in [0, 0.05) is 5.69 Å². The van der Waals surface area contributed by atoms with Crippen molar-refractivity contribution in [3.63, 3.8) is 0 Å². The van der Waals surface area contributed by atoms with Gasteiger partial charge in [-0.05, 0) is 48.9 Å². The summed E-state index contributed by atoms with van der Waals surface area (Å²) >= 11 is 0. The van der Waals surface area contributed by atoms with Crippen LogP contribution in [0.3, 0.4) is 0 Å². The number of carbonyl (C=O) groups excluding carboxylic acids is 2. The summed E-state index contributed by atoms with van der Waals surface area (Å²) in [7, 11) is -2.77. The van der Waals surface area contributed by atoms with Gasteiger partial charge in [0.25, 0.3) is 0 Å². The Morgan fingerprint density at radius 2 is 1.70 bits per heavy atom. The number of carbonyl (C=O) groups is 2. The number of hydrogen-bond acceptors (Lipinski definition) is 5. The Labute approximate surface area is 171 Å². The predicted molar refractivity (Wildman–Crippen MR) is 105 cm³/mol. The number of esters is 1. The first-order valence-electron chi connectivity index (χ1n) is 8.46. The Bertz CT molecular complexity index is 1050. The largest absolute Gasteiger partial charge is 0.465 e. The number of alkyl halides is 3. The molecule has 0 saturated heterocycles. The summed E-state index contributed by atoms with van der Waals surface area (Å²) in [6.07, 6.45) is -3.74. The highest BCUT2D eigenvalue weighted by Gasteiger charge is 2.31. The molecule has 30 heavy (non-hydrogen) atoms. The first kappa shape index (κ1) is 23.2. The molecule has 0 radical (unpaired) electrons. The van der Waals surface area contributed by atoms with Gasteiger partial charge in [0.2, 0.25) is 15.9 Å². The first-order chi connectivity index (χ1) is 13.8. The number of aryl methyl sites for hydroxylation is 1. The van der Waals surface area contributed by atoms with Crippen molar-refractivity contribution in [3.8, 4) is 0 Å². The van der Waals surface area contributed by atoms with Crippen molar-refractivity contribution in [1.29, 1.82) is 0 Å². The number of rotatable bonds is 6. The number of benzene rings is 2. The highest BCUT2D eigenvalue weighted by atomic mass is 32.2. The van der Waals surface area contributed by atoms with E-state index in [1.165, 1.54) is 19.2 Å². The van der Waals surface area contributed by atoms with Crippen LogP contribution in [0.1, 0.15) is 21.5 Å². The van der Waals surface area contributed by atoms with Crippen LogP contribution >= 0.6 is 0 Å². The fraction of sp³-hybridized carbons (Fsp3) is 0.263. The van der Waals surface area contributed by atoms with E-state index in [0.717, 1.165) is 30.5 Å². The molecule has 0 aliphatic carbocycles. The third-order valence-electron chi connectivity index (χ3n) is 4.10. The molecule has 2 rings (SSSR count). The normalized spacial score (nSPS) is 11.7.